The molecule has 0 aromatic heterocycles. The van der Waals surface area contributed by atoms with E-state index in [2.05, 4.69) is 4.74 Å². The maximum absolute atomic E-state index is 11.2. The summed E-state index contributed by atoms with van der Waals surface area (Å²) < 4.78 is 9.56. The highest BCUT2D eigenvalue weighted by molar-refractivity contribution is 6.71. The first-order valence-electron chi connectivity index (χ1n) is 4.26. The molecule has 0 saturated heterocycles. The summed E-state index contributed by atoms with van der Waals surface area (Å²) in [5, 5.41) is 0. The lowest BCUT2D eigenvalue weighted by Gasteiger charge is -2.15. The highest BCUT2D eigenvalue weighted by Crippen LogP contribution is 2.05. The van der Waals surface area contributed by atoms with E-state index < -0.39 is 20.3 Å². The number of rotatable bonds is 3. The van der Waals surface area contributed by atoms with Crippen LogP contribution in [0.1, 0.15) is 6.92 Å². The van der Waals surface area contributed by atoms with Crippen molar-refractivity contribution in [3.05, 3.63) is 11.6 Å². The monoisotopic (exact) mass is 216 g/mol. The second-order valence-electron chi connectivity index (χ2n) is 3.85. The van der Waals surface area contributed by atoms with Crippen molar-refractivity contribution in [3.8, 4) is 0 Å². The Hall–Kier alpha value is -1.10. The summed E-state index contributed by atoms with van der Waals surface area (Å²) in [7, 11) is -0.611. The van der Waals surface area contributed by atoms with Gasteiger partial charge in [0, 0.05) is 11.6 Å². The van der Waals surface area contributed by atoms with Crippen molar-refractivity contribution in [1.29, 1.82) is 0 Å². The molecule has 0 aliphatic carbocycles. The van der Waals surface area contributed by atoms with E-state index in [1.807, 2.05) is 19.6 Å². The molecular weight excluding hydrogens is 200 g/mol. The molecule has 0 aliphatic rings. The smallest absolute Gasteiger partial charge is 0.333 e. The first-order chi connectivity index (χ1) is 6.26. The lowest BCUT2D eigenvalue weighted by Crippen LogP contribution is -2.28. The number of hydrogen-bond donors (Lipinski definition) is 0. The third-order valence-corrected chi connectivity index (χ3v) is 2.06. The van der Waals surface area contributed by atoms with Crippen molar-refractivity contribution in [3.63, 3.8) is 0 Å². The van der Waals surface area contributed by atoms with Crippen LogP contribution in [-0.2, 0) is 18.8 Å². The molecule has 0 bridgehead atoms. The zero-order valence-corrected chi connectivity index (χ0v) is 10.2. The van der Waals surface area contributed by atoms with Gasteiger partial charge in [0.05, 0.1) is 7.11 Å². The topological polar surface area (TPSA) is 52.6 Å². The fourth-order valence-electron chi connectivity index (χ4n) is 0.728. The summed E-state index contributed by atoms with van der Waals surface area (Å²) in [6.45, 7) is 7.20. The lowest BCUT2D eigenvalue weighted by molar-refractivity contribution is -0.137. The van der Waals surface area contributed by atoms with E-state index in [1.54, 1.807) is 0 Å². The molecule has 0 aromatic rings. The van der Waals surface area contributed by atoms with Crippen molar-refractivity contribution in [2.75, 3.05) is 7.11 Å². The van der Waals surface area contributed by atoms with Gasteiger partial charge in [-0.1, -0.05) is 0 Å². The average molecular weight is 216 g/mol. The summed E-state index contributed by atoms with van der Waals surface area (Å²) in [6, 6.07) is 0. The Morgan fingerprint density at radius 2 is 1.71 bits per heavy atom. The third-order valence-electron chi connectivity index (χ3n) is 1.25. The molecule has 0 saturated carbocycles. The largest absolute Gasteiger partial charge is 0.517 e. The maximum Gasteiger partial charge on any atom is 0.333 e. The van der Waals surface area contributed by atoms with Gasteiger partial charge in [-0.3, -0.25) is 0 Å². The Morgan fingerprint density at radius 3 is 2.07 bits per heavy atom. The Bertz CT molecular complexity index is 262. The van der Waals surface area contributed by atoms with Gasteiger partial charge in [0.25, 0.3) is 0 Å². The van der Waals surface area contributed by atoms with Crippen LogP contribution in [0.15, 0.2) is 11.6 Å². The highest BCUT2D eigenvalue weighted by Gasteiger charge is 2.19. The summed E-state index contributed by atoms with van der Waals surface area (Å²) in [6.07, 6.45) is 1.16. The van der Waals surface area contributed by atoms with E-state index in [-0.39, 0.29) is 5.57 Å². The predicted octanol–water partition coefficient (Wildman–Crippen LogP) is 1.48. The molecule has 0 spiro atoms. The van der Waals surface area contributed by atoms with Gasteiger partial charge in [0.2, 0.25) is 8.32 Å². The van der Waals surface area contributed by atoms with Crippen LogP contribution < -0.4 is 0 Å². The number of ether oxygens (including phenoxy) is 1. The minimum absolute atomic E-state index is 0.246. The van der Waals surface area contributed by atoms with E-state index in [4.69, 9.17) is 4.43 Å². The molecule has 5 heteroatoms. The Labute approximate surface area is 85.0 Å². The molecule has 80 valence electrons. The van der Waals surface area contributed by atoms with Gasteiger partial charge in [0.15, 0.2) is 0 Å². The summed E-state index contributed by atoms with van der Waals surface area (Å²) >= 11 is 0. The fourth-order valence-corrected chi connectivity index (χ4v) is 1.39. The Balaban J connectivity index is 4.37. The molecule has 0 unspecified atom stereocenters. The van der Waals surface area contributed by atoms with Gasteiger partial charge in [-0.25, -0.2) is 9.59 Å². The number of esters is 1. The van der Waals surface area contributed by atoms with Crippen molar-refractivity contribution in [2.24, 2.45) is 0 Å². The van der Waals surface area contributed by atoms with Gasteiger partial charge in [0.1, 0.15) is 0 Å². The van der Waals surface area contributed by atoms with Crippen LogP contribution in [0.25, 0.3) is 0 Å². The lowest BCUT2D eigenvalue weighted by atomic mass is 10.3. The number of methoxy groups -OCH3 is 1. The van der Waals surface area contributed by atoms with E-state index in [9.17, 15) is 9.59 Å². The molecule has 0 rings (SSSR count). The van der Waals surface area contributed by atoms with Gasteiger partial charge >= 0.3 is 11.9 Å². The summed E-state index contributed by atoms with van der Waals surface area (Å²) in [5.41, 5.74) is 0.246. The predicted molar refractivity (Wildman–Crippen MR) is 55.2 cm³/mol. The quantitative estimate of drug-likeness (QED) is 0.407. The number of carbonyl (C=O) groups excluding carboxylic acids is 2. The van der Waals surface area contributed by atoms with E-state index in [0.29, 0.717) is 0 Å². The molecule has 14 heavy (non-hydrogen) atoms. The minimum Gasteiger partial charge on any atom is -0.517 e. The SMILES string of the molecule is COC(=O)/C(C)=C\C(=O)O[Si](C)(C)C. The molecular formula is C9H16O4Si. The van der Waals surface area contributed by atoms with Crippen LogP contribution in [0.3, 0.4) is 0 Å². The number of carbonyl (C=O) groups is 2. The van der Waals surface area contributed by atoms with Crippen LogP contribution in [0.5, 0.6) is 0 Å². The molecule has 0 N–H and O–H groups in total. The first-order valence-corrected chi connectivity index (χ1v) is 7.66. The normalized spacial score (nSPS) is 12.2. The molecule has 0 atom stereocenters. The highest BCUT2D eigenvalue weighted by atomic mass is 28.4. The molecule has 0 fully saturated rings. The van der Waals surface area contributed by atoms with E-state index in [0.717, 1.165) is 6.08 Å². The zero-order valence-electron chi connectivity index (χ0n) is 9.21. The Kier molecular flexibility index (Phi) is 4.56. The molecule has 0 radical (unpaired) electrons. The molecule has 4 nitrogen and oxygen atoms in total. The summed E-state index contributed by atoms with van der Waals surface area (Å²) in [4.78, 5) is 22.1. The second-order valence-corrected chi connectivity index (χ2v) is 8.28. The van der Waals surface area contributed by atoms with Gasteiger partial charge in [-0.15, -0.1) is 0 Å². The van der Waals surface area contributed by atoms with Crippen LogP contribution in [0.4, 0.5) is 0 Å². The average Bonchev–Trinajstić information content (AvgIpc) is 1.99. The molecule has 0 aliphatic heterocycles. The van der Waals surface area contributed by atoms with Crippen LogP contribution >= 0.6 is 0 Å². The first kappa shape index (κ1) is 12.9. The maximum atomic E-state index is 11.2. The van der Waals surface area contributed by atoms with Crippen LogP contribution in [0.2, 0.25) is 19.6 Å². The van der Waals surface area contributed by atoms with Gasteiger partial charge in [-0.05, 0) is 26.6 Å². The number of hydrogen-bond acceptors (Lipinski definition) is 4. The third kappa shape index (κ3) is 5.53. The van der Waals surface area contributed by atoms with Gasteiger partial charge < -0.3 is 9.16 Å². The van der Waals surface area contributed by atoms with Crippen molar-refractivity contribution in [2.45, 2.75) is 26.6 Å². The molecule has 0 amide bonds. The van der Waals surface area contributed by atoms with E-state index >= 15 is 0 Å². The van der Waals surface area contributed by atoms with Crippen LogP contribution in [-0.4, -0.2) is 27.4 Å². The Morgan fingerprint density at radius 1 is 1.21 bits per heavy atom. The van der Waals surface area contributed by atoms with Crippen LogP contribution in [0, 0.1) is 0 Å². The molecule has 0 aromatic carbocycles. The zero-order chi connectivity index (χ0) is 11.4. The molecule has 0 heterocycles. The van der Waals surface area contributed by atoms with Gasteiger partial charge in [-0.2, -0.15) is 0 Å². The van der Waals surface area contributed by atoms with Crippen molar-refractivity contribution in [1.82, 2.24) is 0 Å². The standard InChI is InChI=1S/C9H16O4Si/c1-7(9(11)12-2)6-8(10)13-14(3,4)5/h6H,1-5H3/b7-6-. The summed E-state index contributed by atoms with van der Waals surface area (Å²) in [5.74, 6) is -0.996. The second kappa shape index (κ2) is 4.95. The van der Waals surface area contributed by atoms with E-state index in [1.165, 1.54) is 14.0 Å². The fraction of sp³-hybridized carbons (Fsp3) is 0.556. The van der Waals surface area contributed by atoms with Crippen molar-refractivity contribution >= 4 is 20.3 Å². The minimum atomic E-state index is -1.88. The van der Waals surface area contributed by atoms with Crippen molar-refractivity contribution < 1.29 is 18.8 Å².